The summed E-state index contributed by atoms with van der Waals surface area (Å²) >= 11 is 4.15. The molecule has 0 amide bonds. The molecular weight excluding hydrogens is 743 g/mol. The highest BCUT2D eigenvalue weighted by molar-refractivity contribution is 8.04. The number of rotatable bonds is 6. The number of allylic oxidation sites excluding steroid dienone is 19. The molecule has 0 N–H and O–H groups in total. The second-order valence-electron chi connectivity index (χ2n) is 17.2. The summed E-state index contributed by atoms with van der Waals surface area (Å²) in [5, 5.41) is 2.00. The molecule has 58 heavy (non-hydrogen) atoms. The van der Waals surface area contributed by atoms with Crippen molar-refractivity contribution in [1.29, 1.82) is 0 Å². The zero-order chi connectivity index (χ0) is 38.2. The summed E-state index contributed by atoms with van der Waals surface area (Å²) < 4.78 is 8.50. The fourth-order valence-corrected chi connectivity index (χ4v) is 14.2. The molecule has 2 nitrogen and oxygen atoms in total. The topological polar surface area (TPSA) is 12.5 Å². The lowest BCUT2D eigenvalue weighted by atomic mass is 9.79. The van der Waals surface area contributed by atoms with Crippen molar-refractivity contribution in [1.82, 2.24) is 4.90 Å². The average molecular weight is 792 g/mol. The Hall–Kier alpha value is -4.61. The first-order chi connectivity index (χ1) is 28.8. The SMILES string of the molecule is C1=CC2OC3C(=CC=CC3N(C3=CCC(C4=CC5C6=C(SC5C=C4)C(c4ccccc4)=CCC6)C=C3)C3=c4sc5c(c4=CCC3)CCC=C5C3=CCCC=C3)C2C=C1. The molecule has 0 radical (unpaired) electrons. The van der Waals surface area contributed by atoms with Crippen LogP contribution >= 0.6 is 23.1 Å². The molecule has 10 aliphatic rings. The van der Waals surface area contributed by atoms with E-state index in [4.69, 9.17) is 4.74 Å². The molecule has 1 fully saturated rings. The number of thiophene rings is 1. The van der Waals surface area contributed by atoms with Gasteiger partial charge in [-0.15, -0.1) is 23.1 Å². The Bertz CT molecular complexity index is 2640. The van der Waals surface area contributed by atoms with Gasteiger partial charge >= 0.3 is 0 Å². The van der Waals surface area contributed by atoms with Crippen molar-refractivity contribution in [3.63, 3.8) is 0 Å². The molecule has 12 rings (SSSR count). The molecule has 2 aliphatic heterocycles. The van der Waals surface area contributed by atoms with Crippen LogP contribution in [0.3, 0.4) is 0 Å². The van der Waals surface area contributed by atoms with Crippen LogP contribution in [0.25, 0.3) is 22.9 Å². The van der Waals surface area contributed by atoms with Gasteiger partial charge in [-0.05, 0) is 114 Å². The van der Waals surface area contributed by atoms with Crippen molar-refractivity contribution >= 4 is 46.0 Å². The number of thioether (sulfide) groups is 1. The van der Waals surface area contributed by atoms with Gasteiger partial charge in [-0.25, -0.2) is 0 Å². The molecule has 0 spiro atoms. The fourth-order valence-electron chi connectivity index (χ4n) is 11.2. The van der Waals surface area contributed by atoms with Crippen molar-refractivity contribution in [2.45, 2.75) is 81.3 Å². The zero-order valence-electron chi connectivity index (χ0n) is 32.9. The van der Waals surface area contributed by atoms with E-state index in [0.29, 0.717) is 23.0 Å². The highest BCUT2D eigenvalue weighted by Crippen LogP contribution is 2.54. The maximum Gasteiger partial charge on any atom is 0.105 e. The van der Waals surface area contributed by atoms with Gasteiger partial charge < -0.3 is 9.64 Å². The Kier molecular flexibility index (Phi) is 8.89. The lowest BCUT2D eigenvalue weighted by Crippen LogP contribution is -2.46. The van der Waals surface area contributed by atoms with E-state index in [2.05, 4.69) is 174 Å². The van der Waals surface area contributed by atoms with Gasteiger partial charge in [-0.1, -0.05) is 140 Å². The maximum atomic E-state index is 7.02. The molecule has 3 heterocycles. The van der Waals surface area contributed by atoms with Crippen molar-refractivity contribution in [3.05, 3.63) is 198 Å². The quantitative estimate of drug-likeness (QED) is 0.289. The third-order valence-electron chi connectivity index (χ3n) is 14.0. The summed E-state index contributed by atoms with van der Waals surface area (Å²) in [6, 6.07) is 11.1. The van der Waals surface area contributed by atoms with E-state index in [9.17, 15) is 0 Å². The van der Waals surface area contributed by atoms with Gasteiger partial charge in [0.25, 0.3) is 0 Å². The molecule has 0 bridgehead atoms. The van der Waals surface area contributed by atoms with Crippen LogP contribution in [0.5, 0.6) is 0 Å². The van der Waals surface area contributed by atoms with Crippen molar-refractivity contribution in [2.24, 2.45) is 17.8 Å². The van der Waals surface area contributed by atoms with Crippen LogP contribution in [0, 0.1) is 17.8 Å². The van der Waals surface area contributed by atoms with Gasteiger partial charge in [-0.2, -0.15) is 0 Å². The monoisotopic (exact) mass is 791 g/mol. The Labute approximate surface area is 351 Å². The molecule has 0 saturated carbocycles. The van der Waals surface area contributed by atoms with E-state index in [1.54, 1.807) is 11.1 Å². The summed E-state index contributed by atoms with van der Waals surface area (Å²) in [6.07, 6.45) is 56.0. The van der Waals surface area contributed by atoms with E-state index in [1.807, 2.05) is 0 Å². The summed E-state index contributed by atoms with van der Waals surface area (Å²) in [5.41, 5.74) is 14.6. The van der Waals surface area contributed by atoms with Gasteiger partial charge in [-0.3, -0.25) is 0 Å². The molecule has 1 aromatic heterocycles. The number of ether oxygens (including phenoxy) is 1. The molecule has 7 atom stereocenters. The minimum atomic E-state index is 0.0115. The summed E-state index contributed by atoms with van der Waals surface area (Å²) in [6.45, 7) is 0. The van der Waals surface area contributed by atoms with Gasteiger partial charge in [0, 0.05) is 44.2 Å². The van der Waals surface area contributed by atoms with Crippen molar-refractivity contribution in [2.75, 3.05) is 0 Å². The predicted octanol–water partition coefficient (Wildman–Crippen LogP) is 11.5. The van der Waals surface area contributed by atoms with Crippen LogP contribution in [-0.4, -0.2) is 28.4 Å². The zero-order valence-corrected chi connectivity index (χ0v) is 34.6. The minimum Gasteiger partial charge on any atom is -0.363 e. The van der Waals surface area contributed by atoms with Crippen molar-refractivity contribution in [3.8, 4) is 0 Å². The number of nitrogens with zero attached hydrogens (tertiary/aromatic N) is 1. The predicted molar refractivity (Wildman–Crippen MR) is 245 cm³/mol. The van der Waals surface area contributed by atoms with Crippen LogP contribution in [0.15, 0.2) is 173 Å². The number of benzene rings is 1. The first-order valence-electron chi connectivity index (χ1n) is 21.8. The average Bonchev–Trinajstić information content (AvgIpc) is 3.99. The van der Waals surface area contributed by atoms with E-state index < -0.39 is 0 Å². The second kappa shape index (κ2) is 14.6. The Morgan fingerprint density at radius 1 is 0.724 bits per heavy atom. The third-order valence-corrected chi connectivity index (χ3v) is 16.7. The Morgan fingerprint density at radius 3 is 2.52 bits per heavy atom. The molecule has 7 unspecified atom stereocenters. The molecule has 1 aromatic carbocycles. The van der Waals surface area contributed by atoms with Gasteiger partial charge in [0.15, 0.2) is 0 Å². The van der Waals surface area contributed by atoms with Crippen LogP contribution in [0.2, 0.25) is 0 Å². The lowest BCUT2D eigenvalue weighted by molar-refractivity contribution is 0.0436. The Balaban J connectivity index is 0.907. The van der Waals surface area contributed by atoms with E-state index in [1.165, 1.54) is 70.8 Å². The number of hydrogen-bond donors (Lipinski definition) is 0. The smallest absolute Gasteiger partial charge is 0.105 e. The van der Waals surface area contributed by atoms with Crippen LogP contribution < -0.4 is 9.75 Å². The first kappa shape index (κ1) is 35.3. The second-order valence-corrected chi connectivity index (χ2v) is 19.4. The standard InChI is InChI=1S/C54H49NOS2/c1-3-13-35(14-4-1)39-18-10-22-45-46-33-37(29-32-50(46)57-52(39)45)34-27-30-38(31-28-34)55(47-24-11-20-42-41-17-7-8-26-49(41)56-51(42)47)48-25-12-23-44-43-21-9-19-40(53(43)58-54(44)48)36-15-5-2-6-16-36/h1,3-5,7-8,11,13-20,23-24,26-27,29-34,41,46-47,49-51H,2,6,9-10,12,21-22,25,28H2. The van der Waals surface area contributed by atoms with Crippen LogP contribution in [0.1, 0.15) is 67.4 Å². The van der Waals surface area contributed by atoms with Crippen molar-refractivity contribution < 1.29 is 4.74 Å². The van der Waals surface area contributed by atoms with Gasteiger partial charge in [0.05, 0.1) is 16.7 Å². The minimum absolute atomic E-state index is 0.0115. The van der Waals surface area contributed by atoms with Crippen LogP contribution in [0.4, 0.5) is 0 Å². The van der Waals surface area contributed by atoms with Gasteiger partial charge in [0.2, 0.25) is 0 Å². The molecule has 8 aliphatic carbocycles. The highest BCUT2D eigenvalue weighted by Gasteiger charge is 2.45. The first-order valence-corrected chi connectivity index (χ1v) is 23.5. The molecule has 2 aromatic rings. The molecule has 4 heteroatoms. The van der Waals surface area contributed by atoms with Gasteiger partial charge in [0.1, 0.15) is 6.10 Å². The molecular formula is C54H49NOS2. The maximum absolute atomic E-state index is 7.02. The fraction of sp³-hybridized carbons (Fsp3) is 0.296. The lowest BCUT2D eigenvalue weighted by Gasteiger charge is -2.40. The molecule has 288 valence electrons. The normalized spacial score (nSPS) is 31.1. The third kappa shape index (κ3) is 5.85. The summed E-state index contributed by atoms with van der Waals surface area (Å²) in [4.78, 5) is 5.76. The Morgan fingerprint density at radius 2 is 1.62 bits per heavy atom. The largest absolute Gasteiger partial charge is 0.363 e. The summed E-state index contributed by atoms with van der Waals surface area (Å²) in [7, 11) is 0. The van der Waals surface area contributed by atoms with E-state index in [0.717, 1.165) is 51.4 Å². The number of hydrogen-bond acceptors (Lipinski definition) is 4. The van der Waals surface area contributed by atoms with Crippen LogP contribution in [-0.2, 0) is 11.2 Å². The number of fused-ring (bicyclic) bond motifs is 8. The van der Waals surface area contributed by atoms with E-state index in [-0.39, 0.29) is 18.2 Å². The highest BCUT2D eigenvalue weighted by atomic mass is 32.2. The molecule has 1 saturated heterocycles. The van der Waals surface area contributed by atoms with E-state index >= 15 is 0 Å². The summed E-state index contributed by atoms with van der Waals surface area (Å²) in [5.74, 6) is 1.18.